The Morgan fingerprint density at radius 2 is 1.79 bits per heavy atom. The first-order chi connectivity index (χ1) is 6.66. The number of halogens is 2. The van der Waals surface area contributed by atoms with Crippen LogP contribution in [0.5, 0.6) is 0 Å². The number of anilines is 1. The minimum absolute atomic E-state index is 0.106. The predicted octanol–water partition coefficient (Wildman–Crippen LogP) is 2.20. The van der Waals surface area contributed by atoms with Gasteiger partial charge in [-0.25, -0.2) is 8.78 Å². The van der Waals surface area contributed by atoms with E-state index < -0.39 is 11.6 Å². The van der Waals surface area contributed by atoms with E-state index in [1.165, 1.54) is 6.26 Å². The molecule has 0 fully saturated rings. The molecule has 0 aliphatic carbocycles. The van der Waals surface area contributed by atoms with E-state index in [1.807, 2.05) is 0 Å². The quantitative estimate of drug-likeness (QED) is 0.760. The first kappa shape index (κ1) is 8.68. The monoisotopic (exact) mass is 196 g/mol. The lowest BCUT2D eigenvalue weighted by atomic mass is 10.1. The van der Waals surface area contributed by atoms with Gasteiger partial charge in [-0.2, -0.15) is 0 Å². The Hall–Kier alpha value is -1.91. The van der Waals surface area contributed by atoms with Crippen LogP contribution in [-0.2, 0) is 0 Å². The van der Waals surface area contributed by atoms with Gasteiger partial charge in [0.2, 0.25) is 0 Å². The van der Waals surface area contributed by atoms with Gasteiger partial charge in [-0.15, -0.1) is 0 Å². The first-order valence-electron chi connectivity index (χ1n) is 3.83. The molecule has 5 heteroatoms. The third kappa shape index (κ3) is 1.44. The van der Waals surface area contributed by atoms with Gasteiger partial charge in [0, 0.05) is 6.07 Å². The number of rotatable bonds is 1. The fraction of sp³-hybridized carbons (Fsp3) is 0. The van der Waals surface area contributed by atoms with E-state index in [9.17, 15) is 8.78 Å². The van der Waals surface area contributed by atoms with Crippen LogP contribution in [0.3, 0.4) is 0 Å². The van der Waals surface area contributed by atoms with Gasteiger partial charge >= 0.3 is 0 Å². The van der Waals surface area contributed by atoms with E-state index in [2.05, 4.69) is 9.68 Å². The molecule has 72 valence electrons. The van der Waals surface area contributed by atoms with Crippen LogP contribution in [0.15, 0.2) is 29.0 Å². The molecule has 0 aliphatic rings. The van der Waals surface area contributed by atoms with Crippen molar-refractivity contribution in [2.24, 2.45) is 0 Å². The Morgan fingerprint density at radius 3 is 2.29 bits per heavy atom. The fourth-order valence-corrected chi connectivity index (χ4v) is 1.17. The minimum atomic E-state index is -0.666. The molecule has 0 amide bonds. The van der Waals surface area contributed by atoms with Crippen molar-refractivity contribution in [1.82, 2.24) is 5.16 Å². The number of hydrogen-bond donors (Lipinski definition) is 1. The molecule has 3 nitrogen and oxygen atoms in total. The highest BCUT2D eigenvalue weighted by Gasteiger charge is 2.09. The van der Waals surface area contributed by atoms with Crippen LogP contribution in [0.2, 0.25) is 0 Å². The van der Waals surface area contributed by atoms with Gasteiger partial charge in [-0.1, -0.05) is 5.16 Å². The van der Waals surface area contributed by atoms with E-state index in [-0.39, 0.29) is 5.82 Å². The Balaban J connectivity index is 2.57. The average molecular weight is 196 g/mol. The van der Waals surface area contributed by atoms with Crippen molar-refractivity contribution in [1.29, 1.82) is 0 Å². The third-order valence-electron chi connectivity index (χ3n) is 1.77. The molecule has 2 aromatic rings. The summed E-state index contributed by atoms with van der Waals surface area (Å²) in [4.78, 5) is 0. The molecule has 0 radical (unpaired) electrons. The molecular weight excluding hydrogens is 190 g/mol. The molecule has 0 saturated heterocycles. The summed E-state index contributed by atoms with van der Waals surface area (Å²) in [5.74, 6) is -1.23. The van der Waals surface area contributed by atoms with Crippen molar-refractivity contribution in [2.45, 2.75) is 0 Å². The van der Waals surface area contributed by atoms with Crippen LogP contribution in [0.25, 0.3) is 11.1 Å². The summed E-state index contributed by atoms with van der Waals surface area (Å²) in [6, 6.07) is 3.10. The van der Waals surface area contributed by atoms with E-state index in [0.717, 1.165) is 18.2 Å². The molecule has 0 saturated carbocycles. The highest BCUT2D eigenvalue weighted by atomic mass is 19.1. The number of nitrogens with two attached hydrogens (primary N) is 1. The van der Waals surface area contributed by atoms with Gasteiger partial charge in [0.15, 0.2) is 5.82 Å². The Kier molecular flexibility index (Phi) is 1.92. The maximum absolute atomic E-state index is 12.8. The van der Waals surface area contributed by atoms with E-state index in [4.69, 9.17) is 5.73 Å². The topological polar surface area (TPSA) is 52.0 Å². The zero-order chi connectivity index (χ0) is 10.1. The van der Waals surface area contributed by atoms with Crippen LogP contribution in [-0.4, -0.2) is 5.16 Å². The summed E-state index contributed by atoms with van der Waals surface area (Å²) in [5, 5.41) is 3.41. The van der Waals surface area contributed by atoms with Crippen LogP contribution in [0.1, 0.15) is 0 Å². The van der Waals surface area contributed by atoms with Gasteiger partial charge in [0.1, 0.15) is 17.9 Å². The molecule has 0 atom stereocenters. The normalized spacial score (nSPS) is 10.4. The van der Waals surface area contributed by atoms with Gasteiger partial charge in [0.05, 0.1) is 5.56 Å². The van der Waals surface area contributed by atoms with Crippen LogP contribution in [0.4, 0.5) is 14.6 Å². The van der Waals surface area contributed by atoms with Crippen molar-refractivity contribution in [2.75, 3.05) is 5.73 Å². The van der Waals surface area contributed by atoms with Crippen LogP contribution < -0.4 is 5.73 Å². The molecule has 1 aromatic heterocycles. The largest absolute Gasteiger partial charge is 0.380 e. The maximum Gasteiger partial charge on any atom is 0.174 e. The number of nitrogens with zero attached hydrogens (tertiary/aromatic N) is 1. The summed E-state index contributed by atoms with van der Waals surface area (Å²) < 4.78 is 30.2. The summed E-state index contributed by atoms with van der Waals surface area (Å²) >= 11 is 0. The van der Waals surface area contributed by atoms with Crippen molar-refractivity contribution >= 4 is 5.82 Å². The van der Waals surface area contributed by atoms with Gasteiger partial charge in [-0.3, -0.25) is 0 Å². The van der Waals surface area contributed by atoms with Gasteiger partial charge in [0.25, 0.3) is 0 Å². The summed E-state index contributed by atoms with van der Waals surface area (Å²) in [5.41, 5.74) is 6.11. The fourth-order valence-electron chi connectivity index (χ4n) is 1.17. The van der Waals surface area contributed by atoms with Gasteiger partial charge < -0.3 is 10.3 Å². The molecule has 0 spiro atoms. The lowest BCUT2D eigenvalue weighted by Crippen LogP contribution is -1.89. The second kappa shape index (κ2) is 3.10. The average Bonchev–Trinajstić information content (AvgIpc) is 2.49. The lowest BCUT2D eigenvalue weighted by molar-refractivity contribution is 0.423. The van der Waals surface area contributed by atoms with Crippen molar-refractivity contribution in [3.63, 3.8) is 0 Å². The Morgan fingerprint density at radius 1 is 1.14 bits per heavy atom. The second-order valence-corrected chi connectivity index (χ2v) is 2.77. The Labute approximate surface area is 78.1 Å². The summed E-state index contributed by atoms with van der Waals surface area (Å²) in [6.45, 7) is 0. The molecular formula is C9H6F2N2O. The zero-order valence-electron chi connectivity index (χ0n) is 7.00. The van der Waals surface area contributed by atoms with E-state index in [0.29, 0.717) is 11.1 Å². The predicted molar refractivity (Wildman–Crippen MR) is 46.3 cm³/mol. The van der Waals surface area contributed by atoms with Crippen molar-refractivity contribution in [3.05, 3.63) is 36.1 Å². The molecule has 0 bridgehead atoms. The van der Waals surface area contributed by atoms with Gasteiger partial charge in [-0.05, 0) is 17.7 Å². The highest BCUT2D eigenvalue weighted by Crippen LogP contribution is 2.25. The molecule has 0 unspecified atom stereocenters. The Bertz CT molecular complexity index is 447. The highest BCUT2D eigenvalue weighted by molar-refractivity contribution is 5.72. The third-order valence-corrected chi connectivity index (χ3v) is 1.77. The van der Waals surface area contributed by atoms with Crippen LogP contribution >= 0.6 is 0 Å². The summed E-state index contributed by atoms with van der Waals surface area (Å²) in [7, 11) is 0. The van der Waals surface area contributed by atoms with Crippen LogP contribution in [0, 0.1) is 11.6 Å². The van der Waals surface area contributed by atoms with Crippen molar-refractivity contribution < 1.29 is 13.3 Å². The van der Waals surface area contributed by atoms with E-state index >= 15 is 0 Å². The maximum atomic E-state index is 12.8. The molecule has 1 aromatic carbocycles. The summed E-state index contributed by atoms with van der Waals surface area (Å²) in [6.07, 6.45) is 1.24. The number of benzene rings is 1. The molecule has 14 heavy (non-hydrogen) atoms. The number of hydrogen-bond acceptors (Lipinski definition) is 3. The molecule has 2 N–H and O–H groups in total. The number of aromatic nitrogens is 1. The smallest absolute Gasteiger partial charge is 0.174 e. The van der Waals surface area contributed by atoms with Crippen molar-refractivity contribution in [3.8, 4) is 11.1 Å². The number of nitrogen functional groups attached to an aromatic ring is 1. The molecule has 1 heterocycles. The zero-order valence-corrected chi connectivity index (χ0v) is 7.00. The first-order valence-corrected chi connectivity index (χ1v) is 3.83. The SMILES string of the molecule is Nc1nocc1-c1cc(F)cc(F)c1. The lowest BCUT2D eigenvalue weighted by Gasteiger charge is -1.98. The second-order valence-electron chi connectivity index (χ2n) is 2.77. The molecule has 2 rings (SSSR count). The molecule has 0 aliphatic heterocycles. The minimum Gasteiger partial charge on any atom is -0.380 e. The van der Waals surface area contributed by atoms with E-state index in [1.54, 1.807) is 0 Å². The standard InChI is InChI=1S/C9H6F2N2O/c10-6-1-5(2-7(11)3-6)8-4-14-13-9(8)12/h1-4H,(H2,12,13).